The van der Waals surface area contributed by atoms with Crippen molar-refractivity contribution in [1.82, 2.24) is 4.90 Å². The van der Waals surface area contributed by atoms with E-state index < -0.39 is 11.1 Å². The average Bonchev–Trinajstić information content (AvgIpc) is 2.73. The number of ether oxygens (including phenoxy) is 3. The Morgan fingerprint density at radius 2 is 1.86 bits per heavy atom. The van der Waals surface area contributed by atoms with Crippen LogP contribution in [0.5, 0.6) is 11.5 Å². The number of rotatable bonds is 3. The van der Waals surface area contributed by atoms with Gasteiger partial charge in [-0.3, -0.25) is 4.90 Å². The van der Waals surface area contributed by atoms with Crippen molar-refractivity contribution >= 4 is 6.09 Å². The van der Waals surface area contributed by atoms with Gasteiger partial charge in [0, 0.05) is 6.54 Å². The van der Waals surface area contributed by atoms with Gasteiger partial charge in [-0.05, 0) is 49.9 Å². The summed E-state index contributed by atoms with van der Waals surface area (Å²) >= 11 is 0. The van der Waals surface area contributed by atoms with Gasteiger partial charge in [0.2, 0.25) is 0 Å². The molecule has 120 valence electrons. The number of amides is 1. The molecule has 0 aromatic heterocycles. The molecule has 2 atom stereocenters. The van der Waals surface area contributed by atoms with E-state index in [1.807, 2.05) is 24.0 Å². The molecule has 3 rings (SSSR count). The zero-order valence-electron chi connectivity index (χ0n) is 13.9. The summed E-state index contributed by atoms with van der Waals surface area (Å²) in [6, 6.07) is 4.02. The number of methoxy groups -OCH3 is 2. The quantitative estimate of drug-likeness (QED) is 0.861. The maximum Gasteiger partial charge on any atom is 0.411 e. The largest absolute Gasteiger partial charge is 0.493 e. The maximum absolute atomic E-state index is 12.3. The van der Waals surface area contributed by atoms with E-state index >= 15 is 0 Å². The van der Waals surface area contributed by atoms with E-state index in [1.165, 1.54) is 5.56 Å². The molecule has 1 saturated heterocycles. The summed E-state index contributed by atoms with van der Waals surface area (Å²) in [5.41, 5.74) is 1.23. The Labute approximate surface area is 131 Å². The number of cyclic esters (lactones) is 1. The van der Waals surface area contributed by atoms with Gasteiger partial charge in [-0.2, -0.15) is 0 Å². The second-order valence-corrected chi connectivity index (χ2v) is 6.29. The standard InChI is InChI=1S/C17H23NO4/c1-6-16(2)17(3)12-10-14(21-5)13(20-4)9-11(12)7-8-18(17)15(19)22-16/h9-10H,6-8H2,1-5H3/t16-,17+/m0/s1. The highest BCUT2D eigenvalue weighted by Crippen LogP contribution is 2.53. The molecule has 0 radical (unpaired) electrons. The summed E-state index contributed by atoms with van der Waals surface area (Å²) in [6.45, 7) is 6.81. The topological polar surface area (TPSA) is 48.0 Å². The lowest BCUT2D eigenvalue weighted by Gasteiger charge is -2.46. The normalized spacial score (nSPS) is 29.7. The van der Waals surface area contributed by atoms with Crippen LogP contribution in [0.4, 0.5) is 4.79 Å². The predicted molar refractivity (Wildman–Crippen MR) is 82.5 cm³/mol. The fraction of sp³-hybridized carbons (Fsp3) is 0.588. The van der Waals surface area contributed by atoms with Gasteiger partial charge in [0.05, 0.1) is 14.2 Å². The van der Waals surface area contributed by atoms with Crippen LogP contribution in [0.25, 0.3) is 0 Å². The van der Waals surface area contributed by atoms with Crippen molar-refractivity contribution in [2.24, 2.45) is 0 Å². The Kier molecular flexibility index (Phi) is 3.27. The third-order valence-corrected chi connectivity index (χ3v) is 5.52. The van der Waals surface area contributed by atoms with Crippen LogP contribution in [0.1, 0.15) is 38.3 Å². The van der Waals surface area contributed by atoms with Crippen molar-refractivity contribution < 1.29 is 19.0 Å². The molecule has 5 heteroatoms. The molecule has 22 heavy (non-hydrogen) atoms. The molecule has 1 aromatic carbocycles. The van der Waals surface area contributed by atoms with Gasteiger partial charge in [0.25, 0.3) is 0 Å². The minimum atomic E-state index is -0.557. The van der Waals surface area contributed by atoms with Crippen molar-refractivity contribution in [2.75, 3.05) is 20.8 Å². The fourth-order valence-electron chi connectivity index (χ4n) is 3.79. The summed E-state index contributed by atoms with van der Waals surface area (Å²) < 4.78 is 16.6. The van der Waals surface area contributed by atoms with Crippen molar-refractivity contribution in [2.45, 2.75) is 44.8 Å². The Bertz CT molecular complexity index is 629. The van der Waals surface area contributed by atoms with Gasteiger partial charge in [-0.15, -0.1) is 0 Å². The lowest BCUT2D eigenvalue weighted by molar-refractivity contribution is -0.00129. The molecule has 1 aromatic rings. The van der Waals surface area contributed by atoms with Crippen molar-refractivity contribution in [3.63, 3.8) is 0 Å². The summed E-state index contributed by atoms with van der Waals surface area (Å²) in [6.07, 6.45) is 1.31. The summed E-state index contributed by atoms with van der Waals surface area (Å²) in [5.74, 6) is 1.41. The van der Waals surface area contributed by atoms with Gasteiger partial charge in [0.1, 0.15) is 11.1 Å². The van der Waals surface area contributed by atoms with E-state index in [4.69, 9.17) is 14.2 Å². The number of hydrogen-bond donors (Lipinski definition) is 0. The lowest BCUT2D eigenvalue weighted by atomic mass is 9.71. The molecule has 0 bridgehead atoms. The van der Waals surface area contributed by atoms with Gasteiger partial charge >= 0.3 is 6.09 Å². The van der Waals surface area contributed by atoms with E-state index in [0.717, 1.165) is 24.2 Å². The molecule has 0 unspecified atom stereocenters. The molecular formula is C17H23NO4. The average molecular weight is 305 g/mol. The molecule has 0 N–H and O–H groups in total. The summed E-state index contributed by atoms with van der Waals surface area (Å²) in [5, 5.41) is 0. The van der Waals surface area contributed by atoms with Crippen LogP contribution in [0.2, 0.25) is 0 Å². The minimum absolute atomic E-state index is 0.229. The molecule has 2 heterocycles. The van der Waals surface area contributed by atoms with E-state index in [1.54, 1.807) is 14.2 Å². The van der Waals surface area contributed by atoms with E-state index in [-0.39, 0.29) is 6.09 Å². The van der Waals surface area contributed by atoms with Crippen LogP contribution in [0.15, 0.2) is 12.1 Å². The van der Waals surface area contributed by atoms with Crippen LogP contribution >= 0.6 is 0 Å². The summed E-state index contributed by atoms with van der Waals surface area (Å²) in [4.78, 5) is 14.2. The van der Waals surface area contributed by atoms with Crippen LogP contribution in [0.3, 0.4) is 0 Å². The molecular weight excluding hydrogens is 282 g/mol. The Morgan fingerprint density at radius 1 is 1.23 bits per heavy atom. The number of nitrogens with zero attached hydrogens (tertiary/aromatic N) is 1. The highest BCUT2D eigenvalue weighted by atomic mass is 16.6. The Balaban J connectivity index is 2.24. The SMILES string of the molecule is CC[C@]1(C)OC(=O)N2CCc3cc(OC)c(OC)cc3[C@@]21C. The van der Waals surface area contributed by atoms with Crippen LogP contribution in [-0.4, -0.2) is 37.4 Å². The van der Waals surface area contributed by atoms with Gasteiger partial charge in [0.15, 0.2) is 11.5 Å². The second kappa shape index (κ2) is 4.80. The van der Waals surface area contributed by atoms with Crippen molar-refractivity contribution in [1.29, 1.82) is 0 Å². The van der Waals surface area contributed by atoms with E-state index in [0.29, 0.717) is 12.3 Å². The third-order valence-electron chi connectivity index (χ3n) is 5.52. The first-order valence-corrected chi connectivity index (χ1v) is 7.67. The van der Waals surface area contributed by atoms with Crippen LogP contribution in [-0.2, 0) is 16.7 Å². The lowest BCUT2D eigenvalue weighted by Crippen LogP contribution is -2.55. The van der Waals surface area contributed by atoms with Gasteiger partial charge in [-0.25, -0.2) is 4.79 Å². The zero-order valence-corrected chi connectivity index (χ0v) is 13.9. The zero-order chi connectivity index (χ0) is 16.1. The first kappa shape index (κ1) is 15.0. The third kappa shape index (κ3) is 1.68. The number of carbonyl (C=O) groups excluding carboxylic acids is 1. The van der Waals surface area contributed by atoms with Crippen molar-refractivity contribution in [3.05, 3.63) is 23.3 Å². The van der Waals surface area contributed by atoms with Crippen LogP contribution < -0.4 is 9.47 Å². The molecule has 2 aliphatic rings. The molecule has 1 fully saturated rings. The molecule has 0 spiro atoms. The highest BCUT2D eigenvalue weighted by Gasteiger charge is 2.61. The fourth-order valence-corrected chi connectivity index (χ4v) is 3.79. The van der Waals surface area contributed by atoms with E-state index in [9.17, 15) is 4.79 Å². The Hall–Kier alpha value is -1.91. The first-order valence-electron chi connectivity index (χ1n) is 7.67. The minimum Gasteiger partial charge on any atom is -0.493 e. The first-order chi connectivity index (χ1) is 10.4. The van der Waals surface area contributed by atoms with Crippen molar-refractivity contribution in [3.8, 4) is 11.5 Å². The monoisotopic (exact) mass is 305 g/mol. The molecule has 5 nitrogen and oxygen atoms in total. The molecule has 1 amide bonds. The number of benzene rings is 1. The number of carbonyl (C=O) groups is 1. The Morgan fingerprint density at radius 3 is 2.45 bits per heavy atom. The van der Waals surface area contributed by atoms with Gasteiger partial charge < -0.3 is 14.2 Å². The smallest absolute Gasteiger partial charge is 0.411 e. The molecule has 0 saturated carbocycles. The van der Waals surface area contributed by atoms with E-state index in [2.05, 4.69) is 13.8 Å². The summed E-state index contributed by atoms with van der Waals surface area (Å²) in [7, 11) is 3.27. The second-order valence-electron chi connectivity index (χ2n) is 6.29. The molecule has 2 aliphatic heterocycles. The van der Waals surface area contributed by atoms with Crippen LogP contribution in [0, 0.1) is 0 Å². The highest BCUT2D eigenvalue weighted by molar-refractivity contribution is 5.75. The number of fused-ring (bicyclic) bond motifs is 3. The number of hydrogen-bond acceptors (Lipinski definition) is 4. The predicted octanol–water partition coefficient (Wildman–Crippen LogP) is 3.10. The molecule has 0 aliphatic carbocycles. The van der Waals surface area contributed by atoms with Gasteiger partial charge in [-0.1, -0.05) is 6.92 Å². The maximum atomic E-state index is 12.3.